The monoisotopic (exact) mass is 228 g/mol. The van der Waals surface area contributed by atoms with Crippen LogP contribution in [0.2, 0.25) is 0 Å². The Morgan fingerprint density at radius 2 is 1.38 bits per heavy atom. The van der Waals surface area contributed by atoms with E-state index in [0.717, 1.165) is 19.0 Å². The van der Waals surface area contributed by atoms with Crippen LogP contribution in [0, 0.1) is 5.92 Å². The minimum Gasteiger partial charge on any atom is -0.317 e. The summed E-state index contributed by atoms with van der Waals surface area (Å²) in [5, 5.41) is 6.84. The van der Waals surface area contributed by atoms with Crippen molar-refractivity contribution >= 4 is 0 Å². The Hall–Kier alpha value is -0.0800. The van der Waals surface area contributed by atoms with Crippen molar-refractivity contribution < 1.29 is 0 Å². The second-order valence-electron chi connectivity index (χ2n) is 5.05. The SMILES string of the molecule is CCNCCCNCCCCCCC(C)C. The van der Waals surface area contributed by atoms with Gasteiger partial charge in [-0.1, -0.05) is 46.5 Å². The Labute approximate surface area is 103 Å². The maximum absolute atomic E-state index is 3.50. The molecule has 0 atom stereocenters. The van der Waals surface area contributed by atoms with Gasteiger partial charge in [0.25, 0.3) is 0 Å². The molecule has 0 aromatic heterocycles. The topological polar surface area (TPSA) is 24.1 Å². The maximum Gasteiger partial charge on any atom is -0.00368 e. The fourth-order valence-corrected chi connectivity index (χ4v) is 1.80. The zero-order valence-electron chi connectivity index (χ0n) is 11.6. The van der Waals surface area contributed by atoms with Crippen LogP contribution in [-0.2, 0) is 0 Å². The summed E-state index contributed by atoms with van der Waals surface area (Å²) in [5.74, 6) is 0.879. The van der Waals surface area contributed by atoms with Gasteiger partial charge in [0.1, 0.15) is 0 Å². The third-order valence-corrected chi connectivity index (χ3v) is 2.84. The first kappa shape index (κ1) is 15.9. The van der Waals surface area contributed by atoms with Crippen LogP contribution >= 0.6 is 0 Å². The molecule has 0 amide bonds. The van der Waals surface area contributed by atoms with Gasteiger partial charge in [0.05, 0.1) is 0 Å². The fourth-order valence-electron chi connectivity index (χ4n) is 1.80. The zero-order valence-corrected chi connectivity index (χ0v) is 11.6. The molecule has 2 N–H and O–H groups in total. The highest BCUT2D eigenvalue weighted by Crippen LogP contribution is 2.08. The lowest BCUT2D eigenvalue weighted by molar-refractivity contribution is 0.510. The average Bonchev–Trinajstić information content (AvgIpc) is 2.25. The van der Waals surface area contributed by atoms with Gasteiger partial charge >= 0.3 is 0 Å². The Morgan fingerprint density at radius 1 is 0.750 bits per heavy atom. The number of hydrogen-bond donors (Lipinski definition) is 2. The van der Waals surface area contributed by atoms with Crippen LogP contribution in [-0.4, -0.2) is 26.2 Å². The van der Waals surface area contributed by atoms with Gasteiger partial charge < -0.3 is 10.6 Å². The summed E-state index contributed by atoms with van der Waals surface area (Å²) in [6, 6.07) is 0. The van der Waals surface area contributed by atoms with Crippen LogP contribution < -0.4 is 10.6 Å². The van der Waals surface area contributed by atoms with Crippen LogP contribution in [0.1, 0.15) is 59.3 Å². The lowest BCUT2D eigenvalue weighted by Crippen LogP contribution is -2.22. The van der Waals surface area contributed by atoms with Gasteiger partial charge in [-0.05, 0) is 44.9 Å². The zero-order chi connectivity index (χ0) is 12.1. The Morgan fingerprint density at radius 3 is 2.06 bits per heavy atom. The summed E-state index contributed by atoms with van der Waals surface area (Å²) in [7, 11) is 0. The normalized spacial score (nSPS) is 11.2. The van der Waals surface area contributed by atoms with Gasteiger partial charge in [-0.3, -0.25) is 0 Å². The summed E-state index contributed by atoms with van der Waals surface area (Å²) in [6.07, 6.45) is 8.22. The highest BCUT2D eigenvalue weighted by Gasteiger charge is 1.94. The Kier molecular flexibility index (Phi) is 12.9. The molecule has 0 heterocycles. The van der Waals surface area contributed by atoms with Crippen molar-refractivity contribution in [1.82, 2.24) is 10.6 Å². The molecule has 98 valence electrons. The van der Waals surface area contributed by atoms with Gasteiger partial charge in [-0.25, -0.2) is 0 Å². The van der Waals surface area contributed by atoms with E-state index in [0.29, 0.717) is 0 Å². The molecule has 0 fully saturated rings. The average molecular weight is 228 g/mol. The van der Waals surface area contributed by atoms with E-state index >= 15 is 0 Å². The molecule has 0 aromatic rings. The van der Waals surface area contributed by atoms with Crippen molar-refractivity contribution in [3.63, 3.8) is 0 Å². The second kappa shape index (κ2) is 13.0. The minimum atomic E-state index is 0.879. The summed E-state index contributed by atoms with van der Waals surface area (Å²) >= 11 is 0. The molecule has 0 aliphatic rings. The number of rotatable bonds is 12. The number of unbranched alkanes of at least 4 members (excludes halogenated alkanes) is 3. The molecule has 0 saturated carbocycles. The third-order valence-electron chi connectivity index (χ3n) is 2.84. The van der Waals surface area contributed by atoms with Gasteiger partial charge in [-0.15, -0.1) is 0 Å². The molecular weight excluding hydrogens is 196 g/mol. The first-order valence-electron chi connectivity index (χ1n) is 7.18. The van der Waals surface area contributed by atoms with E-state index in [1.54, 1.807) is 0 Å². The molecule has 0 unspecified atom stereocenters. The molecule has 0 rings (SSSR count). The quantitative estimate of drug-likeness (QED) is 0.501. The van der Waals surface area contributed by atoms with Crippen molar-refractivity contribution in [2.45, 2.75) is 59.3 Å². The van der Waals surface area contributed by atoms with E-state index in [1.807, 2.05) is 0 Å². The summed E-state index contributed by atoms with van der Waals surface area (Å²) < 4.78 is 0. The van der Waals surface area contributed by atoms with Gasteiger partial charge in [-0.2, -0.15) is 0 Å². The number of hydrogen-bond acceptors (Lipinski definition) is 2. The minimum absolute atomic E-state index is 0.879. The molecule has 2 nitrogen and oxygen atoms in total. The predicted molar refractivity (Wildman–Crippen MR) is 74.0 cm³/mol. The molecule has 0 bridgehead atoms. The molecule has 16 heavy (non-hydrogen) atoms. The molecular formula is C14H32N2. The van der Waals surface area contributed by atoms with Gasteiger partial charge in [0.15, 0.2) is 0 Å². The highest BCUT2D eigenvalue weighted by molar-refractivity contribution is 4.52. The summed E-state index contributed by atoms with van der Waals surface area (Å²) in [4.78, 5) is 0. The van der Waals surface area contributed by atoms with Crippen molar-refractivity contribution in [3.05, 3.63) is 0 Å². The second-order valence-corrected chi connectivity index (χ2v) is 5.05. The summed E-state index contributed by atoms with van der Waals surface area (Å²) in [5.41, 5.74) is 0. The highest BCUT2D eigenvalue weighted by atomic mass is 14.9. The van der Waals surface area contributed by atoms with Crippen LogP contribution in [0.5, 0.6) is 0 Å². The number of nitrogens with one attached hydrogen (secondary N) is 2. The van der Waals surface area contributed by atoms with E-state index in [1.165, 1.54) is 51.6 Å². The van der Waals surface area contributed by atoms with Gasteiger partial charge in [0, 0.05) is 0 Å². The Balaban J connectivity index is 2.88. The molecule has 0 spiro atoms. The molecule has 0 radical (unpaired) electrons. The van der Waals surface area contributed by atoms with E-state index in [9.17, 15) is 0 Å². The van der Waals surface area contributed by atoms with Crippen molar-refractivity contribution in [2.75, 3.05) is 26.2 Å². The van der Waals surface area contributed by atoms with E-state index in [4.69, 9.17) is 0 Å². The maximum atomic E-state index is 3.50. The standard InChI is InChI=1S/C14H32N2/c1-4-15-12-9-13-16-11-8-6-5-7-10-14(2)3/h14-16H,4-13H2,1-3H3. The van der Waals surface area contributed by atoms with Crippen molar-refractivity contribution in [1.29, 1.82) is 0 Å². The molecule has 0 saturated heterocycles. The molecule has 0 aliphatic carbocycles. The summed E-state index contributed by atoms with van der Waals surface area (Å²) in [6.45, 7) is 11.4. The van der Waals surface area contributed by atoms with Crippen molar-refractivity contribution in [2.24, 2.45) is 5.92 Å². The van der Waals surface area contributed by atoms with E-state index < -0.39 is 0 Å². The lowest BCUT2D eigenvalue weighted by Gasteiger charge is -2.06. The lowest BCUT2D eigenvalue weighted by atomic mass is 10.0. The molecule has 2 heteroatoms. The molecule has 0 aromatic carbocycles. The first-order chi connectivity index (χ1) is 7.77. The van der Waals surface area contributed by atoms with Crippen LogP contribution in [0.4, 0.5) is 0 Å². The van der Waals surface area contributed by atoms with Crippen LogP contribution in [0.25, 0.3) is 0 Å². The largest absolute Gasteiger partial charge is 0.317 e. The van der Waals surface area contributed by atoms with Crippen LogP contribution in [0.3, 0.4) is 0 Å². The molecule has 0 aliphatic heterocycles. The third kappa shape index (κ3) is 13.9. The Bertz CT molecular complexity index is 124. The van der Waals surface area contributed by atoms with E-state index in [-0.39, 0.29) is 0 Å². The smallest absolute Gasteiger partial charge is 0.00368 e. The fraction of sp³-hybridized carbons (Fsp3) is 1.00. The first-order valence-corrected chi connectivity index (χ1v) is 7.18. The van der Waals surface area contributed by atoms with Crippen LogP contribution in [0.15, 0.2) is 0 Å². The van der Waals surface area contributed by atoms with Gasteiger partial charge in [0.2, 0.25) is 0 Å². The van der Waals surface area contributed by atoms with Crippen molar-refractivity contribution in [3.8, 4) is 0 Å². The van der Waals surface area contributed by atoms with E-state index in [2.05, 4.69) is 31.4 Å². The predicted octanol–water partition coefficient (Wildman–Crippen LogP) is 3.18.